The van der Waals surface area contributed by atoms with Gasteiger partial charge in [0.05, 0.1) is 6.26 Å². The zero-order valence-corrected chi connectivity index (χ0v) is 16.2. The molecule has 7 heteroatoms. The second kappa shape index (κ2) is 8.37. The molecule has 0 saturated carbocycles. The maximum absolute atomic E-state index is 11.8. The molecule has 0 aromatic heterocycles. The third kappa shape index (κ3) is 5.70. The smallest absolute Gasteiger partial charge is 0.306 e. The van der Waals surface area contributed by atoms with E-state index in [1.807, 2.05) is 39.8 Å². The van der Waals surface area contributed by atoms with E-state index in [2.05, 4.69) is 4.90 Å². The SMILES string of the molecule is CCN(CC)c1ccc(CN(C(C)=O)C(C)C)c(OS(C)(=O)=O)c1. The van der Waals surface area contributed by atoms with Crippen LogP contribution in [0, 0.1) is 0 Å². The number of carbonyl (C=O) groups is 1. The molecule has 0 aliphatic heterocycles. The van der Waals surface area contributed by atoms with Gasteiger partial charge in [0, 0.05) is 49.9 Å². The highest BCUT2D eigenvalue weighted by Gasteiger charge is 2.19. The number of rotatable bonds is 8. The number of hydrogen-bond donors (Lipinski definition) is 0. The van der Waals surface area contributed by atoms with Crippen LogP contribution in [0.3, 0.4) is 0 Å². The molecule has 0 bridgehead atoms. The normalized spacial score (nSPS) is 11.5. The van der Waals surface area contributed by atoms with Gasteiger partial charge in [0.15, 0.2) is 0 Å². The van der Waals surface area contributed by atoms with Crippen molar-refractivity contribution in [3.63, 3.8) is 0 Å². The number of amides is 1. The Morgan fingerprint density at radius 3 is 2.21 bits per heavy atom. The molecule has 1 aromatic rings. The van der Waals surface area contributed by atoms with Crippen LogP contribution in [0.4, 0.5) is 5.69 Å². The second-order valence-electron chi connectivity index (χ2n) is 5.99. The van der Waals surface area contributed by atoms with Crippen molar-refractivity contribution < 1.29 is 17.4 Å². The second-order valence-corrected chi connectivity index (χ2v) is 7.57. The van der Waals surface area contributed by atoms with Crippen LogP contribution in [-0.2, 0) is 21.5 Å². The van der Waals surface area contributed by atoms with E-state index in [4.69, 9.17) is 4.18 Å². The van der Waals surface area contributed by atoms with Crippen LogP contribution in [0.5, 0.6) is 5.75 Å². The minimum Gasteiger partial charge on any atom is -0.382 e. The van der Waals surface area contributed by atoms with Crippen LogP contribution in [0.15, 0.2) is 18.2 Å². The molecule has 24 heavy (non-hydrogen) atoms. The van der Waals surface area contributed by atoms with Gasteiger partial charge in [-0.25, -0.2) is 0 Å². The summed E-state index contributed by atoms with van der Waals surface area (Å²) in [6.07, 6.45) is 1.02. The average molecular weight is 356 g/mol. The Labute approximate surface area is 145 Å². The lowest BCUT2D eigenvalue weighted by atomic mass is 10.1. The number of carbonyl (C=O) groups excluding carboxylic acids is 1. The monoisotopic (exact) mass is 356 g/mol. The highest BCUT2D eigenvalue weighted by Crippen LogP contribution is 2.28. The average Bonchev–Trinajstić information content (AvgIpc) is 2.45. The molecule has 0 fully saturated rings. The molecule has 0 unspecified atom stereocenters. The van der Waals surface area contributed by atoms with E-state index < -0.39 is 10.1 Å². The number of benzene rings is 1. The third-order valence-corrected chi connectivity index (χ3v) is 4.27. The molecule has 1 rings (SSSR count). The number of hydrogen-bond acceptors (Lipinski definition) is 5. The lowest BCUT2D eigenvalue weighted by molar-refractivity contribution is -0.131. The van der Waals surface area contributed by atoms with E-state index in [-0.39, 0.29) is 17.7 Å². The fourth-order valence-corrected chi connectivity index (χ4v) is 3.02. The molecule has 0 N–H and O–H groups in total. The Morgan fingerprint density at radius 1 is 1.21 bits per heavy atom. The zero-order chi connectivity index (χ0) is 18.5. The van der Waals surface area contributed by atoms with Crippen LogP contribution in [0.1, 0.15) is 40.2 Å². The van der Waals surface area contributed by atoms with Gasteiger partial charge in [0.2, 0.25) is 5.91 Å². The Hall–Kier alpha value is -1.76. The predicted octanol–water partition coefficient (Wildman–Crippen LogP) is 2.63. The Balaban J connectivity index is 3.29. The topological polar surface area (TPSA) is 66.9 Å². The summed E-state index contributed by atoms with van der Waals surface area (Å²) in [6, 6.07) is 5.49. The van der Waals surface area contributed by atoms with Crippen molar-refractivity contribution >= 4 is 21.7 Å². The molecule has 0 atom stereocenters. The summed E-state index contributed by atoms with van der Waals surface area (Å²) < 4.78 is 28.4. The first kappa shape index (κ1) is 20.3. The first-order chi connectivity index (χ1) is 11.1. The van der Waals surface area contributed by atoms with Crippen molar-refractivity contribution in [1.29, 1.82) is 0 Å². The highest BCUT2D eigenvalue weighted by atomic mass is 32.2. The van der Waals surface area contributed by atoms with E-state index in [1.54, 1.807) is 11.0 Å². The molecule has 0 saturated heterocycles. The van der Waals surface area contributed by atoms with E-state index >= 15 is 0 Å². The largest absolute Gasteiger partial charge is 0.382 e. The maximum Gasteiger partial charge on any atom is 0.306 e. The van der Waals surface area contributed by atoms with Gasteiger partial charge >= 0.3 is 10.1 Å². The van der Waals surface area contributed by atoms with E-state index in [1.165, 1.54) is 6.92 Å². The first-order valence-electron chi connectivity index (χ1n) is 8.13. The van der Waals surface area contributed by atoms with Crippen LogP contribution < -0.4 is 9.08 Å². The van der Waals surface area contributed by atoms with Crippen molar-refractivity contribution in [3.05, 3.63) is 23.8 Å². The summed E-state index contributed by atoms with van der Waals surface area (Å²) in [5, 5.41) is 0. The summed E-state index contributed by atoms with van der Waals surface area (Å²) >= 11 is 0. The van der Waals surface area contributed by atoms with Crippen molar-refractivity contribution in [1.82, 2.24) is 4.90 Å². The molecule has 136 valence electrons. The summed E-state index contributed by atoms with van der Waals surface area (Å²) in [5.74, 6) is 0.205. The quantitative estimate of drug-likeness (QED) is 0.670. The highest BCUT2D eigenvalue weighted by molar-refractivity contribution is 7.86. The van der Waals surface area contributed by atoms with Gasteiger partial charge < -0.3 is 14.0 Å². The van der Waals surface area contributed by atoms with E-state index in [9.17, 15) is 13.2 Å². The molecular formula is C17H28N2O4S. The zero-order valence-electron chi connectivity index (χ0n) is 15.4. The van der Waals surface area contributed by atoms with Crippen LogP contribution >= 0.6 is 0 Å². The number of nitrogens with zero attached hydrogens (tertiary/aromatic N) is 2. The fraction of sp³-hybridized carbons (Fsp3) is 0.588. The molecule has 0 heterocycles. The molecule has 1 aromatic carbocycles. The van der Waals surface area contributed by atoms with Crippen LogP contribution in [0.25, 0.3) is 0 Å². The standard InChI is InChI=1S/C17H28N2O4S/c1-7-18(8-2)16-10-9-15(12-19(13(3)4)14(5)20)17(11-16)23-24(6,21)22/h9-11,13H,7-8,12H2,1-6H3. The van der Waals surface area contributed by atoms with Gasteiger partial charge in [-0.1, -0.05) is 6.07 Å². The summed E-state index contributed by atoms with van der Waals surface area (Å²) in [6.45, 7) is 11.3. The molecule has 1 amide bonds. The maximum atomic E-state index is 11.8. The van der Waals surface area contributed by atoms with Gasteiger partial charge in [-0.2, -0.15) is 8.42 Å². The molecule has 0 aliphatic rings. The van der Waals surface area contributed by atoms with Crippen LogP contribution in [-0.4, -0.2) is 44.6 Å². The summed E-state index contributed by atoms with van der Waals surface area (Å²) in [7, 11) is -3.65. The number of anilines is 1. The third-order valence-electron chi connectivity index (χ3n) is 3.79. The van der Waals surface area contributed by atoms with E-state index in [0.29, 0.717) is 12.1 Å². The molecule has 0 spiro atoms. The minimum atomic E-state index is -3.65. The molecule has 6 nitrogen and oxygen atoms in total. The van der Waals surface area contributed by atoms with E-state index in [0.717, 1.165) is 25.0 Å². The van der Waals surface area contributed by atoms with Crippen molar-refractivity contribution in [3.8, 4) is 5.75 Å². The first-order valence-corrected chi connectivity index (χ1v) is 9.95. The Morgan fingerprint density at radius 2 is 1.79 bits per heavy atom. The summed E-state index contributed by atoms with van der Waals surface area (Å²) in [4.78, 5) is 15.6. The fourth-order valence-electron chi connectivity index (χ4n) is 2.54. The molecule has 0 aliphatic carbocycles. The van der Waals surface area contributed by atoms with Gasteiger partial charge in [-0.05, 0) is 33.8 Å². The Bertz CT molecular complexity index is 667. The lowest BCUT2D eigenvalue weighted by Gasteiger charge is -2.27. The molecule has 0 radical (unpaired) electrons. The molecular weight excluding hydrogens is 328 g/mol. The predicted molar refractivity (Wildman–Crippen MR) is 96.8 cm³/mol. The Kier molecular flexibility index (Phi) is 7.08. The van der Waals surface area contributed by atoms with Gasteiger partial charge in [-0.3, -0.25) is 4.79 Å². The van der Waals surface area contributed by atoms with Crippen molar-refractivity contribution in [2.75, 3.05) is 24.2 Å². The van der Waals surface area contributed by atoms with Gasteiger partial charge in [-0.15, -0.1) is 0 Å². The van der Waals surface area contributed by atoms with Crippen molar-refractivity contribution in [2.24, 2.45) is 0 Å². The van der Waals surface area contributed by atoms with Gasteiger partial charge in [0.1, 0.15) is 5.75 Å². The summed E-state index contributed by atoms with van der Waals surface area (Å²) in [5.41, 5.74) is 1.56. The van der Waals surface area contributed by atoms with Crippen molar-refractivity contribution in [2.45, 2.75) is 47.2 Å². The van der Waals surface area contributed by atoms with Gasteiger partial charge in [0.25, 0.3) is 0 Å². The lowest BCUT2D eigenvalue weighted by Crippen LogP contribution is -2.34. The van der Waals surface area contributed by atoms with Crippen LogP contribution in [0.2, 0.25) is 0 Å². The minimum absolute atomic E-state index is 0.0102.